The fourth-order valence-corrected chi connectivity index (χ4v) is 3.42. The molecular weight excluding hydrogens is 380 g/mol. The van der Waals surface area contributed by atoms with Crippen LogP contribution in [0, 0.1) is 0 Å². The summed E-state index contributed by atoms with van der Waals surface area (Å²) in [5.41, 5.74) is 1.94. The fraction of sp³-hybridized carbons (Fsp3) is 0.375. The summed E-state index contributed by atoms with van der Waals surface area (Å²) in [6.07, 6.45) is 5.09. The van der Waals surface area contributed by atoms with Gasteiger partial charge in [-0.05, 0) is 61.5 Å². The first-order chi connectivity index (χ1) is 14.6. The van der Waals surface area contributed by atoms with Crippen molar-refractivity contribution in [1.29, 1.82) is 0 Å². The molecule has 0 bridgehead atoms. The number of rotatable bonds is 10. The minimum absolute atomic E-state index is 0.0901. The summed E-state index contributed by atoms with van der Waals surface area (Å²) in [5.74, 6) is 2.29. The van der Waals surface area contributed by atoms with Crippen LogP contribution in [-0.4, -0.2) is 63.2 Å². The third-order valence-electron chi connectivity index (χ3n) is 5.17. The van der Waals surface area contributed by atoms with Gasteiger partial charge < -0.3 is 24.0 Å². The number of carbonyl (C=O) groups excluding carboxylic acids is 1. The summed E-state index contributed by atoms with van der Waals surface area (Å²) in [7, 11) is 5.29. The van der Waals surface area contributed by atoms with E-state index in [1.165, 1.54) is 0 Å². The molecule has 0 N–H and O–H groups in total. The minimum atomic E-state index is 0.0901. The van der Waals surface area contributed by atoms with Crippen LogP contribution in [-0.2, 0) is 11.2 Å². The van der Waals surface area contributed by atoms with E-state index >= 15 is 0 Å². The van der Waals surface area contributed by atoms with E-state index < -0.39 is 0 Å². The molecule has 2 aromatic carbocycles. The van der Waals surface area contributed by atoms with Crippen molar-refractivity contribution in [2.45, 2.75) is 12.8 Å². The molecule has 0 fully saturated rings. The molecule has 3 rings (SSSR count). The van der Waals surface area contributed by atoms with Gasteiger partial charge in [0.1, 0.15) is 12.4 Å². The van der Waals surface area contributed by atoms with Crippen molar-refractivity contribution < 1.29 is 19.0 Å². The highest BCUT2D eigenvalue weighted by Crippen LogP contribution is 2.32. The number of carbonyl (C=O) groups is 1. The van der Waals surface area contributed by atoms with Gasteiger partial charge in [-0.25, -0.2) is 0 Å². The number of likely N-dealkylation sites (N-methyl/N-ethyl adjacent to an activating group) is 1. The molecule has 0 saturated carbocycles. The van der Waals surface area contributed by atoms with Gasteiger partial charge >= 0.3 is 0 Å². The van der Waals surface area contributed by atoms with Crippen LogP contribution in [0.15, 0.2) is 48.7 Å². The van der Waals surface area contributed by atoms with E-state index in [9.17, 15) is 4.79 Å². The highest BCUT2D eigenvalue weighted by Gasteiger charge is 2.19. The zero-order valence-electron chi connectivity index (χ0n) is 18.0. The average Bonchev–Trinajstić information content (AvgIpc) is 2.91. The first-order valence-electron chi connectivity index (χ1n) is 10.2. The molecule has 0 saturated heterocycles. The Morgan fingerprint density at radius 2 is 1.77 bits per heavy atom. The van der Waals surface area contributed by atoms with Gasteiger partial charge in [-0.3, -0.25) is 4.79 Å². The molecule has 6 heteroatoms. The van der Waals surface area contributed by atoms with Crippen LogP contribution in [0.3, 0.4) is 0 Å². The lowest BCUT2D eigenvalue weighted by molar-refractivity contribution is -0.127. The van der Waals surface area contributed by atoms with Crippen LogP contribution in [0.25, 0.3) is 6.08 Å². The summed E-state index contributed by atoms with van der Waals surface area (Å²) < 4.78 is 16.5. The quantitative estimate of drug-likeness (QED) is 0.600. The Bertz CT molecular complexity index is 867. The van der Waals surface area contributed by atoms with E-state index in [1.54, 1.807) is 19.1 Å². The second-order valence-electron chi connectivity index (χ2n) is 7.30. The number of amides is 1. The van der Waals surface area contributed by atoms with Gasteiger partial charge in [0, 0.05) is 19.3 Å². The number of hydrogen-bond acceptors (Lipinski definition) is 5. The fourth-order valence-electron chi connectivity index (χ4n) is 3.42. The van der Waals surface area contributed by atoms with Crippen molar-refractivity contribution in [3.05, 3.63) is 59.8 Å². The van der Waals surface area contributed by atoms with Gasteiger partial charge in [0.25, 0.3) is 0 Å². The Balaban J connectivity index is 1.47. The zero-order valence-corrected chi connectivity index (χ0v) is 18.0. The molecule has 1 heterocycles. The third-order valence-corrected chi connectivity index (χ3v) is 5.17. The lowest BCUT2D eigenvalue weighted by Crippen LogP contribution is -2.31. The van der Waals surface area contributed by atoms with Crippen molar-refractivity contribution in [2.24, 2.45) is 0 Å². The maximum atomic E-state index is 12.7. The van der Waals surface area contributed by atoms with Crippen LogP contribution in [0.2, 0.25) is 0 Å². The molecule has 1 aliphatic rings. The molecule has 6 nitrogen and oxygen atoms in total. The summed E-state index contributed by atoms with van der Waals surface area (Å²) in [5, 5.41) is 0. The molecule has 0 atom stereocenters. The molecule has 30 heavy (non-hydrogen) atoms. The van der Waals surface area contributed by atoms with Gasteiger partial charge in [0.15, 0.2) is 11.5 Å². The highest BCUT2D eigenvalue weighted by atomic mass is 16.5. The van der Waals surface area contributed by atoms with E-state index in [4.69, 9.17) is 14.2 Å². The number of nitrogens with zero attached hydrogens (tertiary/aromatic N) is 2. The van der Waals surface area contributed by atoms with E-state index in [0.29, 0.717) is 31.1 Å². The number of para-hydroxylation sites is 1. The molecule has 0 aromatic heterocycles. The Labute approximate surface area is 178 Å². The van der Waals surface area contributed by atoms with Crippen molar-refractivity contribution in [1.82, 2.24) is 9.80 Å². The van der Waals surface area contributed by atoms with Gasteiger partial charge in [-0.2, -0.15) is 0 Å². The van der Waals surface area contributed by atoms with Gasteiger partial charge in [-0.15, -0.1) is 0 Å². The molecule has 0 spiro atoms. The van der Waals surface area contributed by atoms with Crippen LogP contribution in [0.5, 0.6) is 17.2 Å². The van der Waals surface area contributed by atoms with E-state index in [1.807, 2.05) is 54.7 Å². The smallest absolute Gasteiger partial charge is 0.230 e. The third kappa shape index (κ3) is 5.76. The Morgan fingerprint density at radius 3 is 2.50 bits per heavy atom. The second kappa shape index (κ2) is 10.7. The predicted octanol–water partition coefficient (Wildman–Crippen LogP) is 3.46. The SMILES string of the molecule is COc1cc2c(cc1OC)CC(=O)N(CCCN(C)CCOc1ccccc1)C=C2. The summed E-state index contributed by atoms with van der Waals surface area (Å²) >= 11 is 0. The van der Waals surface area contributed by atoms with Gasteiger partial charge in [-0.1, -0.05) is 18.2 Å². The lowest BCUT2D eigenvalue weighted by Gasteiger charge is -2.20. The summed E-state index contributed by atoms with van der Waals surface area (Å²) in [6, 6.07) is 13.6. The van der Waals surface area contributed by atoms with E-state index in [-0.39, 0.29) is 5.91 Å². The van der Waals surface area contributed by atoms with Crippen LogP contribution < -0.4 is 14.2 Å². The Kier molecular flexibility index (Phi) is 7.74. The predicted molar refractivity (Wildman–Crippen MR) is 118 cm³/mol. The van der Waals surface area contributed by atoms with Crippen molar-refractivity contribution in [2.75, 3.05) is 47.5 Å². The summed E-state index contributed by atoms with van der Waals surface area (Å²) in [4.78, 5) is 16.7. The molecule has 0 aliphatic carbocycles. The highest BCUT2D eigenvalue weighted by molar-refractivity contribution is 5.84. The first-order valence-corrected chi connectivity index (χ1v) is 10.2. The van der Waals surface area contributed by atoms with Gasteiger partial charge in [0.2, 0.25) is 5.91 Å². The van der Waals surface area contributed by atoms with E-state index in [2.05, 4.69) is 11.9 Å². The molecule has 2 aromatic rings. The Hall–Kier alpha value is -2.99. The zero-order chi connectivity index (χ0) is 21.3. The lowest BCUT2D eigenvalue weighted by atomic mass is 10.0. The van der Waals surface area contributed by atoms with Gasteiger partial charge in [0.05, 0.1) is 20.6 Å². The minimum Gasteiger partial charge on any atom is -0.493 e. The number of ether oxygens (including phenoxy) is 3. The number of fused-ring (bicyclic) bond motifs is 1. The maximum absolute atomic E-state index is 12.7. The number of methoxy groups -OCH3 is 2. The second-order valence-corrected chi connectivity index (χ2v) is 7.30. The standard InChI is InChI=1S/C24H30N2O4/c1-25(14-15-30-21-8-5-4-6-9-21)11-7-12-26-13-10-19-16-22(28-2)23(29-3)17-20(19)18-24(26)27/h4-6,8-10,13,16-17H,7,11-12,14-15,18H2,1-3H3. The molecule has 1 amide bonds. The average molecular weight is 411 g/mol. The van der Waals surface area contributed by atoms with Crippen molar-refractivity contribution in [3.63, 3.8) is 0 Å². The number of hydrogen-bond donors (Lipinski definition) is 0. The van der Waals surface area contributed by atoms with Crippen molar-refractivity contribution >= 4 is 12.0 Å². The Morgan fingerprint density at radius 1 is 1.03 bits per heavy atom. The summed E-state index contributed by atoms with van der Waals surface area (Å²) in [6.45, 7) is 3.05. The monoisotopic (exact) mass is 410 g/mol. The molecule has 1 aliphatic heterocycles. The molecule has 0 unspecified atom stereocenters. The van der Waals surface area contributed by atoms with Crippen LogP contribution >= 0.6 is 0 Å². The molecular formula is C24H30N2O4. The topological polar surface area (TPSA) is 51.2 Å². The van der Waals surface area contributed by atoms with E-state index in [0.717, 1.165) is 36.4 Å². The molecule has 160 valence electrons. The normalized spacial score (nSPS) is 13.2. The maximum Gasteiger partial charge on any atom is 0.230 e. The van der Waals surface area contributed by atoms with Crippen LogP contribution in [0.4, 0.5) is 0 Å². The molecule has 0 radical (unpaired) electrons. The van der Waals surface area contributed by atoms with Crippen molar-refractivity contribution in [3.8, 4) is 17.2 Å². The number of benzene rings is 2. The largest absolute Gasteiger partial charge is 0.493 e. The first kappa shape index (κ1) is 21.7. The van der Waals surface area contributed by atoms with Crippen LogP contribution in [0.1, 0.15) is 17.5 Å².